The van der Waals surface area contributed by atoms with Gasteiger partial charge in [-0.15, -0.1) is 0 Å². The molecule has 0 atom stereocenters. The van der Waals surface area contributed by atoms with Crippen LogP contribution in [0.15, 0.2) is 135 Å². The van der Waals surface area contributed by atoms with Crippen LogP contribution in [0.1, 0.15) is 24.2 Å². The maximum Gasteiger partial charge on any atom is 0.263 e. The molecule has 210 valence electrons. The van der Waals surface area contributed by atoms with Crippen molar-refractivity contribution in [3.63, 3.8) is 0 Å². The normalized spacial score (nSPS) is 12.3. The third-order valence-corrected chi connectivity index (χ3v) is 8.97. The highest BCUT2D eigenvalue weighted by Crippen LogP contribution is 2.48. The average molecular weight is 591 g/mol. The Bertz CT molecular complexity index is 1610. The standard InChI is InChI=1S/C23H21NO3S.C12H9NS/c1-3-26-19-14-13-16(15-20(19)27-4-2)23(25)24-17-9-5-7-11-21(17)28-22-12-8-6-10-18(22)24;1-3-7-11-9(5-1)13-10-6-2-4-8-12(10)14-11/h5-15H,3-4H2,1-2H3;1-8,13H. The van der Waals surface area contributed by atoms with E-state index in [9.17, 15) is 4.79 Å². The lowest BCUT2D eigenvalue weighted by atomic mass is 10.1. The highest BCUT2D eigenvalue weighted by Gasteiger charge is 2.29. The lowest BCUT2D eigenvalue weighted by Gasteiger charge is -2.31. The summed E-state index contributed by atoms with van der Waals surface area (Å²) in [7, 11) is 0. The number of carbonyl (C=O) groups excluding carboxylic acids is 1. The molecule has 0 unspecified atom stereocenters. The van der Waals surface area contributed by atoms with Crippen LogP contribution in [0.4, 0.5) is 22.7 Å². The summed E-state index contributed by atoms with van der Waals surface area (Å²) in [6, 6.07) is 38.1. The van der Waals surface area contributed by atoms with Crippen molar-refractivity contribution < 1.29 is 14.3 Å². The van der Waals surface area contributed by atoms with Crippen molar-refractivity contribution in [2.75, 3.05) is 23.4 Å². The Labute approximate surface area is 254 Å². The van der Waals surface area contributed by atoms with Gasteiger partial charge in [0.05, 0.1) is 36.0 Å². The Hall–Kier alpha value is -4.33. The van der Waals surface area contributed by atoms with Crippen LogP contribution >= 0.6 is 23.5 Å². The van der Waals surface area contributed by atoms with Crippen LogP contribution in [0, 0.1) is 0 Å². The summed E-state index contributed by atoms with van der Waals surface area (Å²) in [6.45, 7) is 4.88. The molecule has 1 N–H and O–H groups in total. The molecule has 0 bridgehead atoms. The second-order valence-corrected chi connectivity index (χ2v) is 11.6. The van der Waals surface area contributed by atoms with E-state index < -0.39 is 0 Å². The fourth-order valence-electron chi connectivity index (χ4n) is 4.82. The summed E-state index contributed by atoms with van der Waals surface area (Å²) in [4.78, 5) is 20.1. The Balaban J connectivity index is 0.000000187. The van der Waals surface area contributed by atoms with Gasteiger partial charge in [-0.25, -0.2) is 0 Å². The minimum absolute atomic E-state index is 0.0933. The summed E-state index contributed by atoms with van der Waals surface area (Å²) in [5.74, 6) is 1.14. The molecule has 2 heterocycles. The van der Waals surface area contributed by atoms with Crippen molar-refractivity contribution in [2.45, 2.75) is 33.4 Å². The third-order valence-electron chi connectivity index (χ3n) is 6.69. The van der Waals surface area contributed by atoms with E-state index in [4.69, 9.17) is 9.47 Å². The van der Waals surface area contributed by atoms with Crippen LogP contribution < -0.4 is 19.7 Å². The van der Waals surface area contributed by atoms with Gasteiger partial charge in [0, 0.05) is 25.1 Å². The molecular weight excluding hydrogens is 561 g/mol. The summed E-state index contributed by atoms with van der Waals surface area (Å²) >= 11 is 3.50. The van der Waals surface area contributed by atoms with Gasteiger partial charge >= 0.3 is 0 Å². The summed E-state index contributed by atoms with van der Waals surface area (Å²) < 4.78 is 11.3. The Morgan fingerprint density at radius 3 is 1.67 bits per heavy atom. The van der Waals surface area contributed by atoms with Gasteiger partial charge < -0.3 is 14.8 Å². The molecule has 5 aromatic rings. The van der Waals surface area contributed by atoms with E-state index in [2.05, 4.69) is 53.8 Å². The zero-order chi connectivity index (χ0) is 28.9. The molecule has 7 rings (SSSR count). The lowest BCUT2D eigenvalue weighted by Crippen LogP contribution is -2.28. The number of nitrogens with zero attached hydrogens (tertiary/aromatic N) is 1. The molecule has 0 aliphatic carbocycles. The van der Waals surface area contributed by atoms with Gasteiger partial charge in [-0.3, -0.25) is 9.69 Å². The number of nitrogens with one attached hydrogen (secondary N) is 1. The predicted molar refractivity (Wildman–Crippen MR) is 173 cm³/mol. The van der Waals surface area contributed by atoms with E-state index in [0.717, 1.165) is 21.2 Å². The average Bonchev–Trinajstić information content (AvgIpc) is 3.03. The molecule has 0 radical (unpaired) electrons. The molecule has 1 amide bonds. The highest BCUT2D eigenvalue weighted by molar-refractivity contribution is 8.00. The molecule has 0 saturated heterocycles. The molecule has 0 saturated carbocycles. The SMILES string of the molecule is CCOc1ccc(C(=O)N2c3ccccc3Sc3ccccc32)cc1OCC.c1ccc2c(c1)Nc1ccccc1S2. The summed E-state index contributed by atoms with van der Waals surface area (Å²) in [5.41, 5.74) is 4.75. The number of para-hydroxylation sites is 4. The number of benzene rings is 5. The third kappa shape index (κ3) is 5.71. The molecule has 2 aliphatic heterocycles. The van der Waals surface area contributed by atoms with Gasteiger partial charge in [0.1, 0.15) is 0 Å². The predicted octanol–water partition coefficient (Wildman–Crippen LogP) is 9.82. The lowest BCUT2D eigenvalue weighted by molar-refractivity contribution is 0.0997. The smallest absolute Gasteiger partial charge is 0.263 e. The largest absolute Gasteiger partial charge is 0.490 e. The minimum atomic E-state index is -0.0933. The first kappa shape index (κ1) is 27.8. The first-order chi connectivity index (χ1) is 20.7. The topological polar surface area (TPSA) is 50.8 Å². The van der Waals surface area contributed by atoms with E-state index in [1.165, 1.54) is 21.2 Å². The van der Waals surface area contributed by atoms with E-state index in [-0.39, 0.29) is 5.91 Å². The van der Waals surface area contributed by atoms with E-state index in [1.54, 1.807) is 34.9 Å². The molecule has 42 heavy (non-hydrogen) atoms. The monoisotopic (exact) mass is 590 g/mol. The number of carbonyl (C=O) groups is 1. The van der Waals surface area contributed by atoms with Crippen molar-refractivity contribution in [3.05, 3.63) is 121 Å². The number of ether oxygens (including phenoxy) is 2. The number of rotatable bonds is 5. The molecule has 2 aliphatic rings. The second kappa shape index (κ2) is 12.7. The number of amides is 1. The minimum Gasteiger partial charge on any atom is -0.490 e. The van der Waals surface area contributed by atoms with Crippen molar-refractivity contribution in [1.29, 1.82) is 0 Å². The van der Waals surface area contributed by atoms with Crippen LogP contribution in [0.5, 0.6) is 11.5 Å². The Morgan fingerprint density at radius 2 is 1.10 bits per heavy atom. The van der Waals surface area contributed by atoms with Gasteiger partial charge in [-0.1, -0.05) is 72.1 Å². The van der Waals surface area contributed by atoms with Gasteiger partial charge in [0.2, 0.25) is 0 Å². The van der Waals surface area contributed by atoms with E-state index >= 15 is 0 Å². The molecule has 0 fully saturated rings. The number of fused-ring (bicyclic) bond motifs is 4. The first-order valence-electron chi connectivity index (χ1n) is 13.9. The second-order valence-electron chi connectivity index (χ2n) is 9.42. The molecular formula is C35H30N2O3S2. The van der Waals surface area contributed by atoms with Crippen molar-refractivity contribution in [3.8, 4) is 11.5 Å². The van der Waals surface area contributed by atoms with E-state index in [0.29, 0.717) is 30.3 Å². The van der Waals surface area contributed by atoms with Gasteiger partial charge in [-0.05, 0) is 80.6 Å². The molecule has 0 spiro atoms. The number of hydrogen-bond donors (Lipinski definition) is 1. The maximum absolute atomic E-state index is 13.6. The zero-order valence-corrected chi connectivity index (χ0v) is 25.0. The molecule has 7 heteroatoms. The van der Waals surface area contributed by atoms with Crippen molar-refractivity contribution >= 4 is 52.2 Å². The van der Waals surface area contributed by atoms with Crippen LogP contribution in [0.3, 0.4) is 0 Å². The van der Waals surface area contributed by atoms with Gasteiger partial charge in [0.25, 0.3) is 5.91 Å². The highest BCUT2D eigenvalue weighted by atomic mass is 32.2. The summed E-state index contributed by atoms with van der Waals surface area (Å²) in [6.07, 6.45) is 0. The first-order valence-corrected chi connectivity index (χ1v) is 15.5. The fraction of sp³-hybridized carbons (Fsp3) is 0.114. The van der Waals surface area contributed by atoms with Crippen LogP contribution in [0.25, 0.3) is 0 Å². The molecule has 0 aromatic heterocycles. The Morgan fingerprint density at radius 1 is 0.619 bits per heavy atom. The van der Waals surface area contributed by atoms with Gasteiger partial charge in [-0.2, -0.15) is 0 Å². The fourth-order valence-corrected chi connectivity index (χ4v) is 6.86. The quantitative estimate of drug-likeness (QED) is 0.216. The Kier molecular flexibility index (Phi) is 8.40. The van der Waals surface area contributed by atoms with Gasteiger partial charge in [0.15, 0.2) is 11.5 Å². The van der Waals surface area contributed by atoms with Crippen LogP contribution in [-0.4, -0.2) is 19.1 Å². The maximum atomic E-state index is 13.6. The molecule has 5 aromatic carbocycles. The zero-order valence-electron chi connectivity index (χ0n) is 23.4. The number of hydrogen-bond acceptors (Lipinski definition) is 6. The van der Waals surface area contributed by atoms with Crippen LogP contribution in [-0.2, 0) is 0 Å². The summed E-state index contributed by atoms with van der Waals surface area (Å²) in [5, 5.41) is 3.42. The van der Waals surface area contributed by atoms with Crippen LogP contribution in [0.2, 0.25) is 0 Å². The van der Waals surface area contributed by atoms with Crippen molar-refractivity contribution in [1.82, 2.24) is 0 Å². The van der Waals surface area contributed by atoms with Crippen molar-refractivity contribution in [2.24, 2.45) is 0 Å². The molecule has 5 nitrogen and oxygen atoms in total. The number of anilines is 4. The van der Waals surface area contributed by atoms with E-state index in [1.807, 2.05) is 74.1 Å².